The summed E-state index contributed by atoms with van der Waals surface area (Å²) in [6, 6.07) is 19.8. The number of primary sulfonamides is 1. The number of methoxy groups -OCH3 is 1. The van der Waals surface area contributed by atoms with Crippen molar-refractivity contribution in [3.05, 3.63) is 90.1 Å². The van der Waals surface area contributed by atoms with Crippen LogP contribution in [0.5, 0.6) is 11.6 Å². The number of amides is 1. The van der Waals surface area contributed by atoms with E-state index in [0.717, 1.165) is 16.7 Å². The molecule has 0 fully saturated rings. The van der Waals surface area contributed by atoms with Crippen molar-refractivity contribution in [2.75, 3.05) is 7.11 Å². The summed E-state index contributed by atoms with van der Waals surface area (Å²) >= 11 is 0. The molecule has 192 valence electrons. The Labute approximate surface area is 218 Å². The van der Waals surface area contributed by atoms with Crippen molar-refractivity contribution in [3.63, 3.8) is 0 Å². The highest BCUT2D eigenvalue weighted by molar-refractivity contribution is 7.89. The van der Waals surface area contributed by atoms with Gasteiger partial charge >= 0.3 is 0 Å². The molecule has 0 aliphatic carbocycles. The molecule has 0 bridgehead atoms. The molecule has 0 aliphatic heterocycles. The lowest BCUT2D eigenvalue weighted by Crippen LogP contribution is -2.22. The summed E-state index contributed by atoms with van der Waals surface area (Å²) in [6.45, 7) is 0.200. The first kappa shape index (κ1) is 24.9. The van der Waals surface area contributed by atoms with Gasteiger partial charge in [0.1, 0.15) is 11.6 Å². The number of imidazole rings is 1. The highest BCUT2D eigenvalue weighted by Gasteiger charge is 2.15. The van der Waals surface area contributed by atoms with Crippen molar-refractivity contribution in [2.45, 2.75) is 11.4 Å². The number of carbonyl (C=O) groups excluding carboxylic acids is 1. The van der Waals surface area contributed by atoms with Crippen molar-refractivity contribution in [1.82, 2.24) is 20.3 Å². The van der Waals surface area contributed by atoms with E-state index in [4.69, 9.17) is 9.88 Å². The number of aromatic amines is 1. The van der Waals surface area contributed by atoms with Gasteiger partial charge < -0.3 is 20.1 Å². The number of phenolic OH excluding ortho intramolecular Hbond substituents is 1. The number of nitrogens with zero attached hydrogens (tertiary/aromatic N) is 2. The zero-order valence-corrected chi connectivity index (χ0v) is 21.0. The number of H-pyrrole nitrogens is 1. The first-order chi connectivity index (χ1) is 18.2. The van der Waals surface area contributed by atoms with E-state index in [1.807, 2.05) is 6.07 Å². The number of hydrogen-bond donors (Lipinski definition) is 4. The van der Waals surface area contributed by atoms with Gasteiger partial charge in [0.15, 0.2) is 0 Å². The van der Waals surface area contributed by atoms with E-state index < -0.39 is 10.0 Å². The van der Waals surface area contributed by atoms with Crippen LogP contribution in [0, 0.1) is 0 Å². The fourth-order valence-corrected chi connectivity index (χ4v) is 4.54. The zero-order chi connectivity index (χ0) is 26.9. The van der Waals surface area contributed by atoms with Crippen molar-refractivity contribution < 1.29 is 23.1 Å². The van der Waals surface area contributed by atoms with E-state index >= 15 is 0 Å². The van der Waals surface area contributed by atoms with Gasteiger partial charge in [-0.15, -0.1) is 0 Å². The van der Waals surface area contributed by atoms with Crippen LogP contribution in [0.1, 0.15) is 15.9 Å². The molecule has 2 heterocycles. The van der Waals surface area contributed by atoms with Crippen molar-refractivity contribution in [3.8, 4) is 34.1 Å². The fourth-order valence-electron chi connectivity index (χ4n) is 4.02. The van der Waals surface area contributed by atoms with Gasteiger partial charge in [-0.2, -0.15) is 0 Å². The molecule has 3 aromatic carbocycles. The molecule has 0 aliphatic rings. The van der Waals surface area contributed by atoms with E-state index in [9.17, 15) is 18.3 Å². The molecular formula is C27H23N5O5S. The summed E-state index contributed by atoms with van der Waals surface area (Å²) < 4.78 is 28.2. The Hall–Kier alpha value is -4.74. The number of sulfonamides is 1. The molecule has 0 atom stereocenters. The average molecular weight is 530 g/mol. The Morgan fingerprint density at radius 1 is 1.05 bits per heavy atom. The molecule has 0 unspecified atom stereocenters. The predicted molar refractivity (Wildman–Crippen MR) is 142 cm³/mol. The highest BCUT2D eigenvalue weighted by Crippen LogP contribution is 2.35. The van der Waals surface area contributed by atoms with Crippen LogP contribution >= 0.6 is 0 Å². The van der Waals surface area contributed by atoms with Crippen LogP contribution in [0.25, 0.3) is 33.5 Å². The smallest absolute Gasteiger partial charge is 0.251 e. The van der Waals surface area contributed by atoms with Gasteiger partial charge in [0.2, 0.25) is 15.9 Å². The van der Waals surface area contributed by atoms with Gasteiger partial charge in [0, 0.05) is 23.9 Å². The van der Waals surface area contributed by atoms with Gasteiger partial charge in [0.25, 0.3) is 5.91 Å². The first-order valence-electron chi connectivity index (χ1n) is 11.5. The number of rotatable bonds is 7. The number of aromatic nitrogens is 3. The Morgan fingerprint density at radius 3 is 2.58 bits per heavy atom. The predicted octanol–water partition coefficient (Wildman–Crippen LogP) is 3.58. The molecule has 38 heavy (non-hydrogen) atoms. The third-order valence-electron chi connectivity index (χ3n) is 5.98. The molecule has 5 N–H and O–H groups in total. The maximum absolute atomic E-state index is 12.8. The molecule has 0 spiro atoms. The number of nitrogens with one attached hydrogen (secondary N) is 2. The van der Waals surface area contributed by atoms with E-state index in [1.54, 1.807) is 67.9 Å². The minimum Gasteiger partial charge on any atom is -0.507 e. The van der Waals surface area contributed by atoms with Crippen LogP contribution < -0.4 is 15.2 Å². The highest BCUT2D eigenvalue weighted by atomic mass is 32.2. The molecule has 11 heteroatoms. The second-order valence-electron chi connectivity index (χ2n) is 8.48. The number of ether oxygens (including phenoxy) is 1. The van der Waals surface area contributed by atoms with Gasteiger partial charge in [-0.3, -0.25) is 4.79 Å². The topological polar surface area (TPSA) is 160 Å². The van der Waals surface area contributed by atoms with Crippen LogP contribution in [-0.2, 0) is 16.6 Å². The van der Waals surface area contributed by atoms with Gasteiger partial charge in [-0.25, -0.2) is 23.5 Å². The van der Waals surface area contributed by atoms with Gasteiger partial charge in [-0.05, 0) is 65.7 Å². The van der Waals surface area contributed by atoms with Crippen molar-refractivity contribution in [1.29, 1.82) is 0 Å². The maximum Gasteiger partial charge on any atom is 0.251 e. The summed E-state index contributed by atoms with van der Waals surface area (Å²) in [6.07, 6.45) is 1.64. The summed E-state index contributed by atoms with van der Waals surface area (Å²) in [5, 5.41) is 18.5. The minimum absolute atomic E-state index is 0.00325. The van der Waals surface area contributed by atoms with Crippen LogP contribution in [-0.4, -0.2) is 41.5 Å². The number of nitrogens with two attached hydrogens (primary N) is 1. The summed E-state index contributed by atoms with van der Waals surface area (Å²) in [5.74, 6) is 0.627. The van der Waals surface area contributed by atoms with Gasteiger partial charge in [-0.1, -0.05) is 18.2 Å². The molecule has 0 saturated heterocycles. The molecule has 5 aromatic rings. The second-order valence-corrected chi connectivity index (χ2v) is 10.0. The average Bonchev–Trinajstić information content (AvgIpc) is 3.35. The molecule has 1 amide bonds. The van der Waals surface area contributed by atoms with E-state index in [1.165, 1.54) is 12.1 Å². The Kier molecular flexibility index (Phi) is 6.53. The standard InChI is InChI=1S/C27H23N5O5S/c1-37-27-20(3-2-12-29-27)17-7-11-24(33)21(13-17)25-31-22-10-6-18(14-23(22)32-25)26(34)30-15-16-4-8-19(9-5-16)38(28,35)36/h2-14,33H,15H2,1H3,(H,30,34)(H,31,32)(H2,28,35,36). The molecule has 5 rings (SSSR count). The van der Waals surface area contributed by atoms with Crippen molar-refractivity contribution >= 4 is 27.0 Å². The lowest BCUT2D eigenvalue weighted by molar-refractivity contribution is 0.0951. The normalized spacial score (nSPS) is 11.4. The van der Waals surface area contributed by atoms with E-state index in [2.05, 4.69) is 20.3 Å². The lowest BCUT2D eigenvalue weighted by atomic mass is 10.0. The molecule has 2 aromatic heterocycles. The Bertz CT molecular complexity index is 1770. The number of fused-ring (bicyclic) bond motifs is 1. The molecular weight excluding hydrogens is 506 g/mol. The fraction of sp³-hybridized carbons (Fsp3) is 0.0741. The molecule has 0 saturated carbocycles. The Morgan fingerprint density at radius 2 is 1.84 bits per heavy atom. The number of hydrogen-bond acceptors (Lipinski definition) is 7. The van der Waals surface area contributed by atoms with Gasteiger partial charge in [0.05, 0.1) is 28.6 Å². The number of phenols is 1. The lowest BCUT2D eigenvalue weighted by Gasteiger charge is -2.09. The van der Waals surface area contributed by atoms with Crippen LogP contribution in [0.15, 0.2) is 83.9 Å². The number of aromatic hydroxyl groups is 1. The number of benzene rings is 3. The van der Waals surface area contributed by atoms with Crippen LogP contribution in [0.4, 0.5) is 0 Å². The first-order valence-corrected chi connectivity index (χ1v) is 13.0. The minimum atomic E-state index is -3.78. The summed E-state index contributed by atoms with van der Waals surface area (Å²) in [7, 11) is -2.23. The van der Waals surface area contributed by atoms with E-state index in [0.29, 0.717) is 33.9 Å². The largest absolute Gasteiger partial charge is 0.507 e. The third kappa shape index (κ3) is 5.05. The van der Waals surface area contributed by atoms with Crippen LogP contribution in [0.2, 0.25) is 0 Å². The van der Waals surface area contributed by atoms with E-state index in [-0.39, 0.29) is 23.1 Å². The third-order valence-corrected chi connectivity index (χ3v) is 6.91. The molecule has 0 radical (unpaired) electrons. The molecule has 10 nitrogen and oxygen atoms in total. The van der Waals surface area contributed by atoms with Crippen molar-refractivity contribution in [2.24, 2.45) is 5.14 Å². The van der Waals surface area contributed by atoms with Crippen LogP contribution in [0.3, 0.4) is 0 Å². The summed E-state index contributed by atoms with van der Waals surface area (Å²) in [5.41, 5.74) is 4.40. The second kappa shape index (κ2) is 9.96. The quantitative estimate of drug-likeness (QED) is 0.251. The SMILES string of the molecule is COc1ncccc1-c1ccc(O)c(-c2nc3cc(C(=O)NCc4ccc(S(N)(=O)=O)cc4)ccc3[nH]2)c1. The monoisotopic (exact) mass is 529 g/mol. The summed E-state index contributed by atoms with van der Waals surface area (Å²) in [4.78, 5) is 24.8. The Balaban J connectivity index is 1.37. The zero-order valence-electron chi connectivity index (χ0n) is 20.2. The number of carbonyl (C=O) groups is 1. The number of pyridine rings is 1. The maximum atomic E-state index is 12.8.